The number of hydrogen-bond acceptors (Lipinski definition) is 4. The first-order valence-electron chi connectivity index (χ1n) is 9.59. The van der Waals surface area contributed by atoms with E-state index in [0.29, 0.717) is 21.8 Å². The maximum Gasteiger partial charge on any atom is 0.416 e. The Morgan fingerprint density at radius 2 is 1.52 bits per heavy atom. The van der Waals surface area contributed by atoms with E-state index < -0.39 is 33.3 Å². The van der Waals surface area contributed by atoms with Crippen molar-refractivity contribution in [2.24, 2.45) is 0 Å². The monoisotopic (exact) mass is 492 g/mol. The van der Waals surface area contributed by atoms with Gasteiger partial charge < -0.3 is 0 Å². The lowest BCUT2D eigenvalue weighted by Gasteiger charge is -2.12. The summed E-state index contributed by atoms with van der Waals surface area (Å²) < 4.78 is 80.2. The van der Waals surface area contributed by atoms with Crippen molar-refractivity contribution in [3.05, 3.63) is 95.1 Å². The molecule has 4 nitrogen and oxygen atoms in total. The van der Waals surface area contributed by atoms with Crippen LogP contribution >= 0.6 is 11.3 Å². The molecular weight excluding hydrogens is 476 g/mol. The SMILES string of the molecule is O=S(=O)(Cc1ccc(C(F)(F)F)cc1)Nc1ccccc1-c1csc(-c2ccccc2F)n1. The fraction of sp³-hybridized carbons (Fsp3) is 0.0870. The Labute approximate surface area is 191 Å². The Balaban J connectivity index is 1.57. The van der Waals surface area contributed by atoms with Gasteiger partial charge in [0.2, 0.25) is 10.0 Å². The van der Waals surface area contributed by atoms with Gasteiger partial charge in [0.25, 0.3) is 0 Å². The number of rotatable bonds is 6. The van der Waals surface area contributed by atoms with Gasteiger partial charge in [0, 0.05) is 16.5 Å². The minimum atomic E-state index is -4.50. The van der Waals surface area contributed by atoms with E-state index in [0.717, 1.165) is 24.3 Å². The first-order valence-corrected chi connectivity index (χ1v) is 12.1. The summed E-state index contributed by atoms with van der Waals surface area (Å²) in [6, 6.07) is 16.8. The molecule has 33 heavy (non-hydrogen) atoms. The number of anilines is 1. The quantitative estimate of drug-likeness (QED) is 0.310. The van der Waals surface area contributed by atoms with Crippen molar-refractivity contribution in [1.82, 2.24) is 4.98 Å². The number of halogens is 4. The van der Waals surface area contributed by atoms with Crippen LogP contribution in [-0.4, -0.2) is 13.4 Å². The summed E-state index contributed by atoms with van der Waals surface area (Å²) in [7, 11) is -3.93. The zero-order valence-electron chi connectivity index (χ0n) is 16.8. The van der Waals surface area contributed by atoms with Crippen molar-refractivity contribution in [3.8, 4) is 21.8 Å². The minimum Gasteiger partial charge on any atom is -0.283 e. The summed E-state index contributed by atoms with van der Waals surface area (Å²) >= 11 is 1.22. The van der Waals surface area contributed by atoms with Crippen LogP contribution in [0.1, 0.15) is 11.1 Å². The zero-order chi connectivity index (χ0) is 23.6. The molecule has 0 aliphatic carbocycles. The van der Waals surface area contributed by atoms with E-state index in [1.54, 1.807) is 47.8 Å². The molecule has 0 fully saturated rings. The minimum absolute atomic E-state index is 0.212. The smallest absolute Gasteiger partial charge is 0.283 e. The molecule has 0 aliphatic rings. The molecule has 0 saturated heterocycles. The molecule has 1 N–H and O–H groups in total. The predicted molar refractivity (Wildman–Crippen MR) is 121 cm³/mol. The summed E-state index contributed by atoms with van der Waals surface area (Å²) in [4.78, 5) is 4.46. The first-order chi connectivity index (χ1) is 15.6. The first kappa shape index (κ1) is 22.9. The second kappa shape index (κ2) is 8.95. The lowest BCUT2D eigenvalue weighted by molar-refractivity contribution is -0.137. The van der Waals surface area contributed by atoms with Crippen molar-refractivity contribution in [2.75, 3.05) is 4.72 Å². The number of hydrogen-bond donors (Lipinski definition) is 1. The van der Waals surface area contributed by atoms with Gasteiger partial charge in [-0.25, -0.2) is 17.8 Å². The molecule has 10 heteroatoms. The third-order valence-corrected chi connectivity index (χ3v) is 6.83. The standard InChI is InChI=1S/C23H16F4N2O2S2/c24-19-7-3-1-5-17(19)22-28-21(13-32-22)18-6-2-4-8-20(18)29-33(30,31)14-15-9-11-16(12-10-15)23(25,26)27/h1-13,29H,14H2. The summed E-state index contributed by atoms with van der Waals surface area (Å²) in [5.74, 6) is -0.916. The molecule has 0 aliphatic heterocycles. The number of alkyl halides is 3. The van der Waals surface area contributed by atoms with Gasteiger partial charge in [-0.05, 0) is 35.9 Å². The summed E-state index contributed by atoms with van der Waals surface area (Å²) in [5, 5.41) is 2.15. The van der Waals surface area contributed by atoms with Gasteiger partial charge in [0.15, 0.2) is 0 Å². The third kappa shape index (κ3) is 5.40. The van der Waals surface area contributed by atoms with Crippen LogP contribution in [0.3, 0.4) is 0 Å². The Morgan fingerprint density at radius 3 is 2.18 bits per heavy atom. The van der Waals surface area contributed by atoms with E-state index in [4.69, 9.17) is 0 Å². The molecule has 0 spiro atoms. The maximum absolute atomic E-state index is 14.1. The number of nitrogens with zero attached hydrogens (tertiary/aromatic N) is 1. The Kier molecular flexibility index (Phi) is 6.22. The lowest BCUT2D eigenvalue weighted by Crippen LogP contribution is -2.16. The van der Waals surface area contributed by atoms with Crippen LogP contribution in [0.4, 0.5) is 23.2 Å². The molecule has 4 aromatic rings. The predicted octanol–water partition coefficient (Wildman–Crippen LogP) is 6.58. The Morgan fingerprint density at radius 1 is 0.879 bits per heavy atom. The number of sulfonamides is 1. The van der Waals surface area contributed by atoms with Crippen LogP contribution < -0.4 is 4.72 Å². The lowest BCUT2D eigenvalue weighted by atomic mass is 10.1. The van der Waals surface area contributed by atoms with Crippen LogP contribution in [0.25, 0.3) is 21.8 Å². The highest BCUT2D eigenvalue weighted by Gasteiger charge is 2.30. The highest BCUT2D eigenvalue weighted by atomic mass is 32.2. The van der Waals surface area contributed by atoms with Gasteiger partial charge in [-0.15, -0.1) is 11.3 Å². The molecule has 170 valence electrons. The van der Waals surface area contributed by atoms with Crippen molar-refractivity contribution < 1.29 is 26.0 Å². The average Bonchev–Trinajstić information content (AvgIpc) is 3.23. The zero-order valence-corrected chi connectivity index (χ0v) is 18.4. The number of benzene rings is 3. The molecule has 0 radical (unpaired) electrons. The molecule has 0 atom stereocenters. The van der Waals surface area contributed by atoms with E-state index in [1.165, 1.54) is 17.4 Å². The summed E-state index contributed by atoms with van der Waals surface area (Å²) in [5.41, 5.74) is 0.918. The molecule has 1 aromatic heterocycles. The number of para-hydroxylation sites is 1. The van der Waals surface area contributed by atoms with Gasteiger partial charge in [-0.3, -0.25) is 4.72 Å². The molecular formula is C23H16F4N2O2S2. The van der Waals surface area contributed by atoms with Gasteiger partial charge in [-0.1, -0.05) is 42.5 Å². The van der Waals surface area contributed by atoms with Crippen molar-refractivity contribution in [3.63, 3.8) is 0 Å². The third-order valence-electron chi connectivity index (χ3n) is 4.71. The van der Waals surface area contributed by atoms with E-state index in [1.807, 2.05) is 0 Å². The fourth-order valence-electron chi connectivity index (χ4n) is 3.16. The normalized spacial score (nSPS) is 12.0. The van der Waals surface area contributed by atoms with Gasteiger partial charge >= 0.3 is 6.18 Å². The Bertz CT molecular complexity index is 1380. The van der Waals surface area contributed by atoms with Crippen LogP contribution in [0.15, 0.2) is 78.2 Å². The highest BCUT2D eigenvalue weighted by Crippen LogP contribution is 2.34. The second-order valence-electron chi connectivity index (χ2n) is 7.12. The second-order valence-corrected chi connectivity index (χ2v) is 9.70. The topological polar surface area (TPSA) is 59.1 Å². The van der Waals surface area contributed by atoms with E-state index in [2.05, 4.69) is 9.71 Å². The van der Waals surface area contributed by atoms with Gasteiger partial charge in [0.05, 0.1) is 22.7 Å². The average molecular weight is 493 g/mol. The summed E-state index contributed by atoms with van der Waals surface area (Å²) in [6.07, 6.45) is -4.50. The Hall–Kier alpha value is -3.24. The van der Waals surface area contributed by atoms with Crippen molar-refractivity contribution in [2.45, 2.75) is 11.9 Å². The van der Waals surface area contributed by atoms with Crippen LogP contribution in [0, 0.1) is 5.82 Å². The number of aromatic nitrogens is 1. The van der Waals surface area contributed by atoms with Gasteiger partial charge in [-0.2, -0.15) is 13.2 Å². The molecule has 1 heterocycles. The van der Waals surface area contributed by atoms with Crippen LogP contribution in [0.2, 0.25) is 0 Å². The van der Waals surface area contributed by atoms with Crippen LogP contribution in [-0.2, 0) is 22.0 Å². The highest BCUT2D eigenvalue weighted by molar-refractivity contribution is 7.91. The van der Waals surface area contributed by atoms with Crippen LogP contribution in [0.5, 0.6) is 0 Å². The largest absolute Gasteiger partial charge is 0.416 e. The molecule has 0 unspecified atom stereocenters. The van der Waals surface area contributed by atoms with Crippen molar-refractivity contribution >= 4 is 27.0 Å². The van der Waals surface area contributed by atoms with E-state index >= 15 is 0 Å². The fourth-order valence-corrected chi connectivity index (χ4v) is 5.23. The number of thiazole rings is 1. The van der Waals surface area contributed by atoms with Gasteiger partial charge in [0.1, 0.15) is 10.8 Å². The molecule has 0 amide bonds. The van der Waals surface area contributed by atoms with Crippen molar-refractivity contribution in [1.29, 1.82) is 0 Å². The molecule has 4 rings (SSSR count). The molecule has 0 bridgehead atoms. The molecule has 0 saturated carbocycles. The molecule has 3 aromatic carbocycles. The van der Waals surface area contributed by atoms with E-state index in [9.17, 15) is 26.0 Å². The number of nitrogens with one attached hydrogen (secondary N) is 1. The summed E-state index contributed by atoms with van der Waals surface area (Å²) in [6.45, 7) is 0. The maximum atomic E-state index is 14.1. The van der Waals surface area contributed by atoms with E-state index in [-0.39, 0.29) is 11.3 Å².